The summed E-state index contributed by atoms with van der Waals surface area (Å²) in [5.74, 6) is 0.808. The number of hydrogen-bond acceptors (Lipinski definition) is 6. The topological polar surface area (TPSA) is 79.7 Å². The van der Waals surface area contributed by atoms with Crippen LogP contribution in [0.5, 0.6) is 0 Å². The van der Waals surface area contributed by atoms with Crippen LogP contribution in [0.15, 0.2) is 60.8 Å². The summed E-state index contributed by atoms with van der Waals surface area (Å²) in [6, 6.07) is 17.1. The molecule has 1 unspecified atom stereocenters. The molecule has 0 saturated carbocycles. The van der Waals surface area contributed by atoms with E-state index in [4.69, 9.17) is 9.97 Å². The fraction of sp³-hybridized carbons (Fsp3) is 0.292. The van der Waals surface area contributed by atoms with Crippen LogP contribution >= 0.6 is 0 Å². The van der Waals surface area contributed by atoms with Gasteiger partial charge in [0.25, 0.3) is 0 Å². The maximum absolute atomic E-state index is 14.3. The summed E-state index contributed by atoms with van der Waals surface area (Å²) in [6.07, 6.45) is 3.63. The van der Waals surface area contributed by atoms with Crippen molar-refractivity contribution in [3.8, 4) is 0 Å². The first-order valence-corrected chi connectivity index (χ1v) is 11.0. The lowest BCUT2D eigenvalue weighted by atomic mass is 10.1. The Morgan fingerprint density at radius 2 is 1.78 bits per heavy atom. The van der Waals surface area contributed by atoms with Crippen molar-refractivity contribution in [2.75, 3.05) is 23.7 Å². The first kappa shape index (κ1) is 20.4. The number of piperidine rings is 1. The second-order valence-electron chi connectivity index (χ2n) is 8.07. The minimum atomic E-state index is -0.318. The lowest BCUT2D eigenvalue weighted by Crippen LogP contribution is -2.30. The van der Waals surface area contributed by atoms with Crippen molar-refractivity contribution in [2.45, 2.75) is 31.8 Å². The molecule has 0 bridgehead atoms. The van der Waals surface area contributed by atoms with Gasteiger partial charge >= 0.3 is 0 Å². The first-order chi connectivity index (χ1) is 15.7. The third-order valence-electron chi connectivity index (χ3n) is 5.87. The van der Waals surface area contributed by atoms with Crippen LogP contribution in [0.4, 0.5) is 22.0 Å². The fourth-order valence-corrected chi connectivity index (χ4v) is 4.16. The highest BCUT2D eigenvalue weighted by atomic mass is 19.1. The van der Waals surface area contributed by atoms with Gasteiger partial charge in [-0.05, 0) is 50.6 Å². The third kappa shape index (κ3) is 4.13. The Labute approximate surface area is 186 Å². The summed E-state index contributed by atoms with van der Waals surface area (Å²) >= 11 is 0. The number of hydrogen-bond donors (Lipinski definition) is 3. The molecule has 164 valence electrons. The highest BCUT2D eigenvalue weighted by Crippen LogP contribution is 2.31. The molecule has 32 heavy (non-hydrogen) atoms. The number of benzene rings is 2. The molecule has 1 aliphatic rings. The van der Waals surface area contributed by atoms with Gasteiger partial charge in [-0.15, -0.1) is 0 Å². The van der Waals surface area contributed by atoms with E-state index in [0.29, 0.717) is 23.1 Å². The van der Waals surface area contributed by atoms with E-state index in [2.05, 4.69) is 44.6 Å². The second-order valence-corrected chi connectivity index (χ2v) is 8.07. The first-order valence-electron chi connectivity index (χ1n) is 11.0. The zero-order chi connectivity index (χ0) is 21.9. The van der Waals surface area contributed by atoms with Crippen LogP contribution in [-0.2, 0) is 0 Å². The van der Waals surface area contributed by atoms with Gasteiger partial charge in [-0.2, -0.15) is 4.98 Å². The molecule has 5 rings (SSSR count). The van der Waals surface area contributed by atoms with Crippen molar-refractivity contribution >= 4 is 28.7 Å². The summed E-state index contributed by atoms with van der Waals surface area (Å²) in [6.45, 7) is 3.92. The maximum Gasteiger partial charge on any atom is 0.225 e. The highest BCUT2D eigenvalue weighted by molar-refractivity contribution is 5.76. The summed E-state index contributed by atoms with van der Waals surface area (Å²) < 4.78 is 16.4. The van der Waals surface area contributed by atoms with Gasteiger partial charge in [0.15, 0.2) is 5.65 Å². The molecule has 4 aromatic rings. The predicted molar refractivity (Wildman–Crippen MR) is 125 cm³/mol. The van der Waals surface area contributed by atoms with E-state index in [0.717, 1.165) is 37.1 Å². The van der Waals surface area contributed by atoms with Gasteiger partial charge in [-0.3, -0.25) is 4.57 Å². The van der Waals surface area contributed by atoms with Crippen molar-refractivity contribution in [2.24, 2.45) is 0 Å². The standard InChI is InChI=1S/C24H26FN7/c1-16(17-7-3-2-4-8-17)28-23-27-15-21-22(31-23)32(18-11-13-26-14-12-18)24(30-21)29-20-10-6-5-9-19(20)25/h2-10,15-16,18,26H,11-14H2,1H3,(H,29,30)(H,27,28,31). The van der Waals surface area contributed by atoms with E-state index < -0.39 is 0 Å². The lowest BCUT2D eigenvalue weighted by molar-refractivity contribution is 0.376. The molecule has 8 heteroatoms. The van der Waals surface area contributed by atoms with Crippen LogP contribution in [0.1, 0.15) is 37.4 Å². The van der Waals surface area contributed by atoms with Crippen molar-refractivity contribution in [3.05, 3.63) is 72.2 Å². The van der Waals surface area contributed by atoms with Crippen LogP contribution in [0.25, 0.3) is 11.2 Å². The molecular formula is C24H26FN7. The Balaban J connectivity index is 1.52. The van der Waals surface area contributed by atoms with Gasteiger partial charge in [0, 0.05) is 6.04 Å². The molecule has 0 amide bonds. The SMILES string of the molecule is CC(Nc1ncc2nc(Nc3ccccc3F)n(C3CCNCC3)c2n1)c1ccccc1. The minimum absolute atomic E-state index is 0.0555. The summed E-state index contributed by atoms with van der Waals surface area (Å²) in [5, 5.41) is 9.97. The van der Waals surface area contributed by atoms with Crippen LogP contribution in [0.2, 0.25) is 0 Å². The molecule has 1 aliphatic heterocycles. The van der Waals surface area contributed by atoms with E-state index in [9.17, 15) is 4.39 Å². The third-order valence-corrected chi connectivity index (χ3v) is 5.87. The van der Waals surface area contributed by atoms with Crippen LogP contribution in [0, 0.1) is 5.82 Å². The lowest BCUT2D eigenvalue weighted by Gasteiger charge is -2.26. The van der Waals surface area contributed by atoms with E-state index in [1.165, 1.54) is 6.07 Å². The van der Waals surface area contributed by atoms with Crippen molar-refractivity contribution in [1.29, 1.82) is 0 Å². The van der Waals surface area contributed by atoms with E-state index in [1.54, 1.807) is 24.4 Å². The summed E-state index contributed by atoms with van der Waals surface area (Å²) in [5.41, 5.74) is 2.97. The number of nitrogens with one attached hydrogen (secondary N) is 3. The molecule has 0 aliphatic carbocycles. The Morgan fingerprint density at radius 3 is 2.56 bits per heavy atom. The fourth-order valence-electron chi connectivity index (χ4n) is 4.16. The normalized spacial score (nSPS) is 15.6. The van der Waals surface area contributed by atoms with Crippen LogP contribution in [-0.4, -0.2) is 32.6 Å². The Morgan fingerprint density at radius 1 is 1.03 bits per heavy atom. The van der Waals surface area contributed by atoms with Crippen molar-refractivity contribution in [3.63, 3.8) is 0 Å². The predicted octanol–water partition coefficient (Wildman–Crippen LogP) is 4.81. The Kier molecular flexibility index (Phi) is 5.68. The molecule has 1 saturated heterocycles. The quantitative estimate of drug-likeness (QED) is 0.407. The maximum atomic E-state index is 14.3. The average molecular weight is 432 g/mol. The molecule has 7 nitrogen and oxygen atoms in total. The monoisotopic (exact) mass is 431 g/mol. The highest BCUT2D eigenvalue weighted by Gasteiger charge is 2.23. The molecule has 3 N–H and O–H groups in total. The van der Waals surface area contributed by atoms with E-state index >= 15 is 0 Å². The zero-order valence-corrected chi connectivity index (χ0v) is 17.9. The van der Waals surface area contributed by atoms with Gasteiger partial charge in [0.2, 0.25) is 11.9 Å². The van der Waals surface area contributed by atoms with Crippen molar-refractivity contribution in [1.82, 2.24) is 24.8 Å². The van der Waals surface area contributed by atoms with E-state index in [-0.39, 0.29) is 17.9 Å². The number of fused-ring (bicyclic) bond motifs is 1. The summed E-state index contributed by atoms with van der Waals surface area (Å²) in [4.78, 5) is 14.0. The molecule has 2 aromatic heterocycles. The van der Waals surface area contributed by atoms with Crippen LogP contribution < -0.4 is 16.0 Å². The van der Waals surface area contributed by atoms with Gasteiger partial charge < -0.3 is 16.0 Å². The number of rotatable bonds is 6. The van der Waals surface area contributed by atoms with Crippen LogP contribution in [0.3, 0.4) is 0 Å². The van der Waals surface area contributed by atoms with Gasteiger partial charge in [0.05, 0.1) is 17.9 Å². The smallest absolute Gasteiger partial charge is 0.225 e. The molecule has 0 spiro atoms. The molecular weight excluding hydrogens is 405 g/mol. The Bertz CT molecular complexity index is 1200. The number of anilines is 3. The van der Waals surface area contributed by atoms with Gasteiger partial charge in [-0.1, -0.05) is 42.5 Å². The molecule has 1 fully saturated rings. The van der Waals surface area contributed by atoms with Gasteiger partial charge in [-0.25, -0.2) is 14.4 Å². The molecule has 3 heterocycles. The summed E-state index contributed by atoms with van der Waals surface area (Å²) in [7, 11) is 0. The second kappa shape index (κ2) is 8.92. The number of aromatic nitrogens is 4. The Hall–Kier alpha value is -3.52. The average Bonchev–Trinajstić information content (AvgIpc) is 3.19. The number of nitrogens with zero attached hydrogens (tertiary/aromatic N) is 4. The van der Waals surface area contributed by atoms with Crippen molar-refractivity contribution < 1.29 is 4.39 Å². The van der Waals surface area contributed by atoms with E-state index in [1.807, 2.05) is 18.2 Å². The number of para-hydroxylation sites is 1. The molecule has 1 atom stereocenters. The molecule has 0 radical (unpaired) electrons. The zero-order valence-electron chi connectivity index (χ0n) is 17.9. The largest absolute Gasteiger partial charge is 0.348 e. The molecule has 2 aromatic carbocycles. The van der Waals surface area contributed by atoms with Gasteiger partial charge in [0.1, 0.15) is 11.3 Å². The number of halogens is 1. The number of imidazole rings is 1. The minimum Gasteiger partial charge on any atom is -0.348 e.